The van der Waals surface area contributed by atoms with Crippen molar-refractivity contribution in [2.24, 2.45) is 0 Å². The van der Waals surface area contributed by atoms with Crippen molar-refractivity contribution in [3.8, 4) is 0 Å². The average molecular weight is 430 g/mol. The molecule has 0 saturated carbocycles. The fourth-order valence-corrected chi connectivity index (χ4v) is 4.03. The van der Waals surface area contributed by atoms with Gasteiger partial charge in [-0.1, -0.05) is 36.4 Å². The van der Waals surface area contributed by atoms with Gasteiger partial charge in [-0.25, -0.2) is 15.0 Å². The second-order valence-electron chi connectivity index (χ2n) is 7.26. The fraction of sp³-hybridized carbons (Fsp3) is 0.167. The van der Waals surface area contributed by atoms with E-state index in [2.05, 4.69) is 37.7 Å². The number of carbonyl (C=O) groups excluding carboxylic acids is 1. The molecule has 2 aromatic carbocycles. The molecule has 0 aliphatic carbocycles. The molecule has 0 aliphatic rings. The second-order valence-corrected chi connectivity index (χ2v) is 8.20. The van der Waals surface area contributed by atoms with Gasteiger partial charge in [-0.15, -0.1) is 11.3 Å². The van der Waals surface area contributed by atoms with Gasteiger partial charge < -0.3 is 10.6 Å². The second kappa shape index (κ2) is 9.49. The average Bonchev–Trinajstić information content (AvgIpc) is 3.19. The molecule has 7 heteroatoms. The Morgan fingerprint density at radius 3 is 2.48 bits per heavy atom. The molecule has 0 aliphatic heterocycles. The minimum Gasteiger partial charge on any atom is -0.346 e. The molecular formula is C24H23N5OS. The van der Waals surface area contributed by atoms with Crippen LogP contribution in [0.2, 0.25) is 0 Å². The topological polar surface area (TPSA) is 79.8 Å². The Labute approximate surface area is 185 Å². The molecule has 2 N–H and O–H groups in total. The number of aryl methyl sites for hydroxylation is 2. The third kappa shape index (κ3) is 5.73. The zero-order valence-corrected chi connectivity index (χ0v) is 18.2. The number of hydrogen-bond donors (Lipinski definition) is 2. The molecule has 31 heavy (non-hydrogen) atoms. The Hall–Kier alpha value is -3.58. The van der Waals surface area contributed by atoms with Crippen LogP contribution in [0.15, 0.2) is 66.0 Å². The molecule has 0 atom stereocenters. The molecule has 4 rings (SSSR count). The van der Waals surface area contributed by atoms with Gasteiger partial charge in [0.05, 0.1) is 17.2 Å². The van der Waals surface area contributed by atoms with Crippen molar-refractivity contribution in [3.05, 3.63) is 99.3 Å². The highest BCUT2D eigenvalue weighted by Gasteiger charge is 2.09. The smallest absolute Gasteiger partial charge is 0.251 e. The van der Waals surface area contributed by atoms with Gasteiger partial charge in [0.15, 0.2) is 0 Å². The van der Waals surface area contributed by atoms with Gasteiger partial charge in [0, 0.05) is 34.4 Å². The van der Waals surface area contributed by atoms with Crippen LogP contribution in [0.4, 0.5) is 11.6 Å². The highest BCUT2D eigenvalue weighted by molar-refractivity contribution is 7.09. The molecule has 0 saturated heterocycles. The molecule has 0 fully saturated rings. The normalized spacial score (nSPS) is 10.6. The number of aromatic nitrogens is 3. The molecule has 6 nitrogen and oxygen atoms in total. The van der Waals surface area contributed by atoms with Crippen molar-refractivity contribution in [2.45, 2.75) is 26.8 Å². The van der Waals surface area contributed by atoms with Gasteiger partial charge in [0.2, 0.25) is 5.95 Å². The van der Waals surface area contributed by atoms with E-state index in [0.717, 1.165) is 34.2 Å². The van der Waals surface area contributed by atoms with Gasteiger partial charge in [-0.05, 0) is 43.7 Å². The summed E-state index contributed by atoms with van der Waals surface area (Å²) in [6, 6.07) is 19.4. The van der Waals surface area contributed by atoms with Crippen molar-refractivity contribution in [2.75, 3.05) is 5.32 Å². The van der Waals surface area contributed by atoms with E-state index in [1.807, 2.05) is 55.6 Å². The van der Waals surface area contributed by atoms with E-state index >= 15 is 0 Å². The quantitative estimate of drug-likeness (QED) is 0.440. The summed E-state index contributed by atoms with van der Waals surface area (Å²) in [5.41, 5.74) is 5.19. The summed E-state index contributed by atoms with van der Waals surface area (Å²) in [6.45, 7) is 4.24. The van der Waals surface area contributed by atoms with E-state index < -0.39 is 0 Å². The fourth-order valence-electron chi connectivity index (χ4n) is 3.20. The lowest BCUT2D eigenvalue weighted by atomic mass is 10.2. The highest BCUT2D eigenvalue weighted by Crippen LogP contribution is 2.17. The molecule has 0 unspecified atom stereocenters. The molecular weight excluding hydrogens is 406 g/mol. The summed E-state index contributed by atoms with van der Waals surface area (Å²) in [5.74, 6) is 0.367. The minimum absolute atomic E-state index is 0.150. The number of nitrogens with one attached hydrogen (secondary N) is 2. The maximum Gasteiger partial charge on any atom is 0.251 e. The van der Waals surface area contributed by atoms with Gasteiger partial charge >= 0.3 is 0 Å². The Morgan fingerprint density at radius 1 is 0.935 bits per heavy atom. The Bertz CT molecular complexity index is 1170. The minimum atomic E-state index is -0.150. The third-order valence-electron chi connectivity index (χ3n) is 4.59. The summed E-state index contributed by atoms with van der Waals surface area (Å²) in [6.07, 6.45) is 0.799. The van der Waals surface area contributed by atoms with Gasteiger partial charge in [-0.2, -0.15) is 0 Å². The van der Waals surface area contributed by atoms with Crippen LogP contribution in [0.25, 0.3) is 0 Å². The number of carbonyl (C=O) groups is 1. The first-order valence-corrected chi connectivity index (χ1v) is 10.9. The van der Waals surface area contributed by atoms with Crippen LogP contribution in [0.1, 0.15) is 38.0 Å². The summed E-state index contributed by atoms with van der Waals surface area (Å²) in [7, 11) is 0. The summed E-state index contributed by atoms with van der Waals surface area (Å²) in [5, 5.41) is 9.15. The maximum atomic E-state index is 12.6. The predicted molar refractivity (Wildman–Crippen MR) is 124 cm³/mol. The van der Waals surface area contributed by atoms with E-state index in [1.165, 1.54) is 5.56 Å². The molecule has 0 radical (unpaired) electrons. The molecule has 2 aromatic heterocycles. The maximum absolute atomic E-state index is 12.6. The SMILES string of the molecule is Cc1cc(C)nc(Nc2cccc(C(=O)NCc3csc(Cc4ccccc4)n3)c2)n1. The van der Waals surface area contributed by atoms with Crippen molar-refractivity contribution in [1.82, 2.24) is 20.3 Å². The standard InChI is InChI=1S/C24H23N5OS/c1-16-11-17(2)27-24(26-16)29-20-10-6-9-19(13-20)23(30)25-14-21-15-31-22(28-21)12-18-7-4-3-5-8-18/h3-11,13,15H,12,14H2,1-2H3,(H,25,30)(H,26,27,29). The van der Waals surface area contributed by atoms with Crippen molar-refractivity contribution in [1.29, 1.82) is 0 Å². The molecule has 1 amide bonds. The first-order chi connectivity index (χ1) is 15.0. The van der Waals surface area contributed by atoms with E-state index in [-0.39, 0.29) is 5.91 Å². The number of anilines is 2. The van der Waals surface area contributed by atoms with Crippen molar-refractivity contribution in [3.63, 3.8) is 0 Å². The molecule has 156 valence electrons. The lowest BCUT2D eigenvalue weighted by Crippen LogP contribution is -2.23. The predicted octanol–water partition coefficient (Wildman–Crippen LogP) is 4.81. The van der Waals surface area contributed by atoms with Crippen molar-refractivity contribution >= 4 is 28.9 Å². The summed E-state index contributed by atoms with van der Waals surface area (Å²) < 4.78 is 0. The highest BCUT2D eigenvalue weighted by atomic mass is 32.1. The summed E-state index contributed by atoms with van der Waals surface area (Å²) in [4.78, 5) is 26.0. The molecule has 0 bridgehead atoms. The van der Waals surface area contributed by atoms with E-state index in [1.54, 1.807) is 23.5 Å². The number of benzene rings is 2. The van der Waals surface area contributed by atoms with Crippen LogP contribution >= 0.6 is 11.3 Å². The Kier molecular flexibility index (Phi) is 6.33. The molecule has 2 heterocycles. The van der Waals surface area contributed by atoms with Crippen molar-refractivity contribution < 1.29 is 4.79 Å². The van der Waals surface area contributed by atoms with Crippen LogP contribution in [-0.2, 0) is 13.0 Å². The van der Waals surface area contributed by atoms with E-state index in [4.69, 9.17) is 0 Å². The first kappa shape index (κ1) is 20.7. The molecule has 0 spiro atoms. The third-order valence-corrected chi connectivity index (χ3v) is 5.49. The van der Waals surface area contributed by atoms with Crippen LogP contribution in [-0.4, -0.2) is 20.9 Å². The zero-order valence-electron chi connectivity index (χ0n) is 17.4. The van der Waals surface area contributed by atoms with Crippen LogP contribution < -0.4 is 10.6 Å². The lowest BCUT2D eigenvalue weighted by molar-refractivity contribution is 0.0950. The molecule has 4 aromatic rings. The van der Waals surface area contributed by atoms with E-state index in [0.29, 0.717) is 18.1 Å². The first-order valence-electron chi connectivity index (χ1n) is 10.00. The van der Waals surface area contributed by atoms with Gasteiger partial charge in [0.1, 0.15) is 0 Å². The number of nitrogens with zero attached hydrogens (tertiary/aromatic N) is 3. The van der Waals surface area contributed by atoms with Crippen LogP contribution in [0.5, 0.6) is 0 Å². The van der Waals surface area contributed by atoms with Crippen LogP contribution in [0.3, 0.4) is 0 Å². The van der Waals surface area contributed by atoms with Crippen LogP contribution in [0, 0.1) is 13.8 Å². The lowest BCUT2D eigenvalue weighted by Gasteiger charge is -2.09. The Morgan fingerprint density at radius 2 is 1.71 bits per heavy atom. The zero-order chi connectivity index (χ0) is 21.6. The number of rotatable bonds is 7. The summed E-state index contributed by atoms with van der Waals surface area (Å²) >= 11 is 1.61. The monoisotopic (exact) mass is 429 g/mol. The van der Waals surface area contributed by atoms with Gasteiger partial charge in [-0.3, -0.25) is 4.79 Å². The largest absolute Gasteiger partial charge is 0.346 e. The van der Waals surface area contributed by atoms with E-state index in [9.17, 15) is 4.79 Å². The Balaban J connectivity index is 1.36. The van der Waals surface area contributed by atoms with Gasteiger partial charge in [0.25, 0.3) is 5.91 Å². The number of hydrogen-bond acceptors (Lipinski definition) is 6. The number of amides is 1. The number of thiazole rings is 1.